The number of rotatable bonds is 8. The first-order valence-electron chi connectivity index (χ1n) is 8.30. The van der Waals surface area contributed by atoms with Crippen LogP contribution in [0.1, 0.15) is 35.7 Å². The van der Waals surface area contributed by atoms with Crippen LogP contribution in [0.2, 0.25) is 5.02 Å². The molecule has 2 aromatic rings. The van der Waals surface area contributed by atoms with Crippen LogP contribution in [0.5, 0.6) is 0 Å². The van der Waals surface area contributed by atoms with Crippen LogP contribution in [-0.4, -0.2) is 35.9 Å². The Morgan fingerprint density at radius 1 is 1.29 bits per heavy atom. The average molecular weight is 346 g/mol. The number of unbranched alkanes of at least 4 members (excludes halogenated alkanes) is 1. The van der Waals surface area contributed by atoms with Gasteiger partial charge in [-0.25, -0.2) is 4.98 Å². The van der Waals surface area contributed by atoms with E-state index in [0.29, 0.717) is 5.56 Å². The topological polar surface area (TPSA) is 45.2 Å². The van der Waals surface area contributed by atoms with Gasteiger partial charge in [0.15, 0.2) is 0 Å². The van der Waals surface area contributed by atoms with E-state index in [1.54, 1.807) is 11.1 Å². The standard InChI is InChI=1S/C19H24ClN3O/c1-3-4-12-23(2)19(24)16-8-9-18(22-14-16)21-11-10-15-6-5-7-17(20)13-15/h5-9,13-14H,3-4,10-12H2,1-2H3,(H,21,22). The predicted molar refractivity (Wildman–Crippen MR) is 99.8 cm³/mol. The van der Waals surface area contributed by atoms with Crippen molar-refractivity contribution in [3.05, 3.63) is 58.7 Å². The Balaban J connectivity index is 1.84. The van der Waals surface area contributed by atoms with Crippen LogP contribution in [0.4, 0.5) is 5.82 Å². The van der Waals surface area contributed by atoms with E-state index in [9.17, 15) is 4.79 Å². The molecule has 0 aliphatic heterocycles. The van der Waals surface area contributed by atoms with Crippen molar-refractivity contribution in [2.24, 2.45) is 0 Å². The summed E-state index contributed by atoms with van der Waals surface area (Å²) in [5.74, 6) is 0.784. The molecule has 2 rings (SSSR count). The van der Waals surface area contributed by atoms with Crippen molar-refractivity contribution in [1.82, 2.24) is 9.88 Å². The van der Waals surface area contributed by atoms with Crippen molar-refractivity contribution in [2.45, 2.75) is 26.2 Å². The second-order valence-electron chi connectivity index (χ2n) is 5.82. The van der Waals surface area contributed by atoms with Gasteiger partial charge in [-0.05, 0) is 42.7 Å². The summed E-state index contributed by atoms with van der Waals surface area (Å²) in [5.41, 5.74) is 1.80. The van der Waals surface area contributed by atoms with Gasteiger partial charge in [0.1, 0.15) is 5.82 Å². The second kappa shape index (κ2) is 9.28. The van der Waals surface area contributed by atoms with Crippen molar-refractivity contribution in [2.75, 3.05) is 25.5 Å². The van der Waals surface area contributed by atoms with Gasteiger partial charge in [0.05, 0.1) is 5.56 Å². The number of carbonyl (C=O) groups excluding carboxylic acids is 1. The first-order valence-corrected chi connectivity index (χ1v) is 8.67. The molecular weight excluding hydrogens is 322 g/mol. The Labute approximate surface area is 148 Å². The summed E-state index contributed by atoms with van der Waals surface area (Å²) in [6.45, 7) is 3.65. The minimum Gasteiger partial charge on any atom is -0.370 e. The second-order valence-corrected chi connectivity index (χ2v) is 6.26. The summed E-state index contributed by atoms with van der Waals surface area (Å²) in [5, 5.41) is 4.01. The average Bonchev–Trinajstić information content (AvgIpc) is 2.60. The van der Waals surface area contributed by atoms with Crippen molar-refractivity contribution in [3.8, 4) is 0 Å². The molecule has 24 heavy (non-hydrogen) atoms. The largest absolute Gasteiger partial charge is 0.370 e. The lowest BCUT2D eigenvalue weighted by Gasteiger charge is -2.16. The molecule has 0 radical (unpaired) electrons. The Kier molecular flexibility index (Phi) is 7.07. The van der Waals surface area contributed by atoms with Crippen LogP contribution in [-0.2, 0) is 6.42 Å². The van der Waals surface area contributed by atoms with Crippen LogP contribution in [0.25, 0.3) is 0 Å². The number of nitrogens with one attached hydrogen (secondary N) is 1. The highest BCUT2D eigenvalue weighted by molar-refractivity contribution is 6.30. The highest BCUT2D eigenvalue weighted by atomic mass is 35.5. The van der Waals surface area contributed by atoms with Crippen molar-refractivity contribution in [3.63, 3.8) is 0 Å². The van der Waals surface area contributed by atoms with Gasteiger partial charge in [-0.15, -0.1) is 0 Å². The molecule has 1 aromatic heterocycles. The minimum absolute atomic E-state index is 0.0152. The molecule has 1 amide bonds. The predicted octanol–water partition coefficient (Wildman–Crippen LogP) is 4.26. The monoisotopic (exact) mass is 345 g/mol. The summed E-state index contributed by atoms with van der Waals surface area (Å²) in [6.07, 6.45) is 4.58. The fourth-order valence-electron chi connectivity index (χ4n) is 2.37. The van der Waals surface area contributed by atoms with Crippen LogP contribution in [0.15, 0.2) is 42.6 Å². The molecule has 4 nitrogen and oxygen atoms in total. The van der Waals surface area contributed by atoms with Gasteiger partial charge < -0.3 is 10.2 Å². The fourth-order valence-corrected chi connectivity index (χ4v) is 2.58. The summed E-state index contributed by atoms with van der Waals surface area (Å²) < 4.78 is 0. The molecule has 0 saturated carbocycles. The number of nitrogens with zero attached hydrogens (tertiary/aromatic N) is 2. The lowest BCUT2D eigenvalue weighted by Crippen LogP contribution is -2.27. The van der Waals surface area contributed by atoms with Gasteiger partial charge in [-0.2, -0.15) is 0 Å². The molecule has 0 unspecified atom stereocenters. The number of hydrogen-bond donors (Lipinski definition) is 1. The minimum atomic E-state index is 0.0152. The summed E-state index contributed by atoms with van der Waals surface area (Å²) in [6, 6.07) is 11.5. The third-order valence-corrected chi connectivity index (χ3v) is 4.05. The molecule has 0 saturated heterocycles. The van der Waals surface area contributed by atoms with E-state index in [0.717, 1.165) is 43.2 Å². The maximum absolute atomic E-state index is 12.2. The zero-order valence-corrected chi connectivity index (χ0v) is 15.0. The molecule has 0 aliphatic rings. The molecule has 1 N–H and O–H groups in total. The Hall–Kier alpha value is -2.07. The van der Waals surface area contributed by atoms with E-state index in [2.05, 4.69) is 23.3 Å². The molecule has 1 aromatic carbocycles. The van der Waals surface area contributed by atoms with E-state index in [1.807, 2.05) is 37.4 Å². The first-order chi connectivity index (χ1) is 11.6. The molecule has 5 heteroatoms. The third kappa shape index (κ3) is 5.53. The quantitative estimate of drug-likeness (QED) is 0.777. The van der Waals surface area contributed by atoms with Gasteiger partial charge in [-0.3, -0.25) is 4.79 Å². The Bertz CT molecular complexity index is 658. The Morgan fingerprint density at radius 3 is 2.79 bits per heavy atom. The number of hydrogen-bond acceptors (Lipinski definition) is 3. The number of aromatic nitrogens is 1. The van der Waals surface area contributed by atoms with Crippen LogP contribution >= 0.6 is 11.6 Å². The number of benzene rings is 1. The van der Waals surface area contributed by atoms with Crippen molar-refractivity contribution >= 4 is 23.3 Å². The number of anilines is 1. The van der Waals surface area contributed by atoms with Crippen LogP contribution in [0, 0.1) is 0 Å². The highest BCUT2D eigenvalue weighted by Crippen LogP contribution is 2.12. The molecule has 0 bridgehead atoms. The number of halogens is 1. The number of amides is 1. The summed E-state index contributed by atoms with van der Waals surface area (Å²) in [7, 11) is 1.83. The lowest BCUT2D eigenvalue weighted by molar-refractivity contribution is 0.0793. The number of pyridine rings is 1. The van der Waals surface area contributed by atoms with Gasteiger partial charge >= 0.3 is 0 Å². The van der Waals surface area contributed by atoms with Gasteiger partial charge in [0.2, 0.25) is 0 Å². The zero-order chi connectivity index (χ0) is 17.4. The zero-order valence-electron chi connectivity index (χ0n) is 14.3. The first kappa shape index (κ1) is 18.3. The third-order valence-electron chi connectivity index (χ3n) is 3.81. The normalized spacial score (nSPS) is 10.5. The smallest absolute Gasteiger partial charge is 0.255 e. The highest BCUT2D eigenvalue weighted by Gasteiger charge is 2.11. The lowest BCUT2D eigenvalue weighted by atomic mass is 10.1. The van der Waals surface area contributed by atoms with E-state index >= 15 is 0 Å². The van der Waals surface area contributed by atoms with Gasteiger partial charge in [0, 0.05) is 31.4 Å². The van der Waals surface area contributed by atoms with E-state index in [4.69, 9.17) is 11.6 Å². The molecule has 0 fully saturated rings. The molecular formula is C19H24ClN3O. The van der Waals surface area contributed by atoms with Gasteiger partial charge in [0.25, 0.3) is 5.91 Å². The maximum atomic E-state index is 12.2. The summed E-state index contributed by atoms with van der Waals surface area (Å²) in [4.78, 5) is 18.3. The maximum Gasteiger partial charge on any atom is 0.255 e. The molecule has 0 aliphatic carbocycles. The summed E-state index contributed by atoms with van der Waals surface area (Å²) >= 11 is 5.98. The molecule has 128 valence electrons. The van der Waals surface area contributed by atoms with Gasteiger partial charge in [-0.1, -0.05) is 37.1 Å². The SMILES string of the molecule is CCCCN(C)C(=O)c1ccc(NCCc2cccc(Cl)c2)nc1. The van der Waals surface area contributed by atoms with Crippen molar-refractivity contribution in [1.29, 1.82) is 0 Å². The fraction of sp³-hybridized carbons (Fsp3) is 0.368. The number of carbonyl (C=O) groups is 1. The van der Waals surface area contributed by atoms with Crippen LogP contribution in [0.3, 0.4) is 0 Å². The molecule has 0 atom stereocenters. The van der Waals surface area contributed by atoms with E-state index < -0.39 is 0 Å². The molecule has 0 spiro atoms. The van der Waals surface area contributed by atoms with E-state index in [1.165, 1.54) is 5.56 Å². The van der Waals surface area contributed by atoms with E-state index in [-0.39, 0.29) is 5.91 Å². The van der Waals surface area contributed by atoms with Crippen LogP contribution < -0.4 is 5.32 Å². The molecule has 1 heterocycles. The van der Waals surface area contributed by atoms with Crippen molar-refractivity contribution < 1.29 is 4.79 Å². The Morgan fingerprint density at radius 2 is 2.12 bits per heavy atom.